The third-order valence-electron chi connectivity index (χ3n) is 7.90. The molecule has 2 aliphatic heterocycles. The standard InChI is InChI=1S/C27H33N3O5/c1-25(2,3)35-24(33)30-12-11-27(34,26(16-30)9-4-10-26)19-5-7-21-17(14-19)13-18(15-28-21)20-6-8-22(31)29-23(20)32/h5,7,13-15,20,34H,4,6,8-12,16H2,1-3H3,(H,29,31,32). The van der Waals surface area contributed by atoms with Crippen LogP contribution in [0.1, 0.15) is 76.3 Å². The molecule has 1 saturated carbocycles. The first kappa shape index (κ1) is 23.7. The number of aromatic nitrogens is 1. The van der Waals surface area contributed by atoms with Crippen molar-refractivity contribution in [2.45, 2.75) is 76.4 Å². The minimum atomic E-state index is -1.07. The number of nitrogens with one attached hydrogen (secondary N) is 1. The van der Waals surface area contributed by atoms with Crippen molar-refractivity contribution in [1.29, 1.82) is 0 Å². The van der Waals surface area contributed by atoms with Gasteiger partial charge < -0.3 is 14.7 Å². The van der Waals surface area contributed by atoms with E-state index in [1.165, 1.54) is 0 Å². The average Bonchev–Trinajstić information content (AvgIpc) is 2.76. The topological polar surface area (TPSA) is 109 Å². The zero-order valence-corrected chi connectivity index (χ0v) is 20.6. The summed E-state index contributed by atoms with van der Waals surface area (Å²) in [6.45, 7) is 6.45. The third kappa shape index (κ3) is 4.18. The molecule has 3 aliphatic rings. The summed E-state index contributed by atoms with van der Waals surface area (Å²) in [6.07, 6.45) is 5.27. The lowest BCUT2D eigenvalue weighted by molar-refractivity contribution is -0.176. The number of hydrogen-bond acceptors (Lipinski definition) is 6. The molecule has 2 aromatic rings. The predicted octanol–water partition coefficient (Wildman–Crippen LogP) is 3.75. The lowest BCUT2D eigenvalue weighted by Crippen LogP contribution is -2.62. The van der Waals surface area contributed by atoms with Crippen LogP contribution in [0.15, 0.2) is 30.5 Å². The lowest BCUT2D eigenvalue weighted by Gasteiger charge is -2.58. The Hall–Kier alpha value is -3.00. The van der Waals surface area contributed by atoms with Crippen LogP contribution in [0.5, 0.6) is 0 Å². The quantitative estimate of drug-likeness (QED) is 0.635. The molecule has 1 aromatic heterocycles. The van der Waals surface area contributed by atoms with Crippen molar-refractivity contribution in [3.8, 4) is 0 Å². The van der Waals surface area contributed by atoms with E-state index in [2.05, 4.69) is 10.3 Å². The Kier molecular flexibility index (Phi) is 5.62. The van der Waals surface area contributed by atoms with Gasteiger partial charge in [-0.2, -0.15) is 0 Å². The summed E-state index contributed by atoms with van der Waals surface area (Å²) >= 11 is 0. The van der Waals surface area contributed by atoms with Gasteiger partial charge in [-0.25, -0.2) is 4.79 Å². The molecule has 3 amide bonds. The number of carbonyl (C=O) groups excluding carboxylic acids is 3. The van der Waals surface area contributed by atoms with Gasteiger partial charge in [0.05, 0.1) is 17.0 Å². The van der Waals surface area contributed by atoms with Gasteiger partial charge in [0.25, 0.3) is 0 Å². The van der Waals surface area contributed by atoms with Crippen LogP contribution >= 0.6 is 0 Å². The first-order valence-electron chi connectivity index (χ1n) is 12.4. The zero-order chi connectivity index (χ0) is 25.0. The van der Waals surface area contributed by atoms with Gasteiger partial charge in [0.15, 0.2) is 0 Å². The molecule has 1 spiro atoms. The van der Waals surface area contributed by atoms with E-state index < -0.39 is 22.5 Å². The van der Waals surface area contributed by atoms with Crippen LogP contribution < -0.4 is 5.32 Å². The molecule has 186 valence electrons. The number of amides is 3. The number of aliphatic hydroxyl groups is 1. The smallest absolute Gasteiger partial charge is 0.410 e. The summed E-state index contributed by atoms with van der Waals surface area (Å²) in [5.74, 6) is -0.945. The first-order valence-corrected chi connectivity index (χ1v) is 12.4. The van der Waals surface area contributed by atoms with Gasteiger partial charge in [-0.1, -0.05) is 12.5 Å². The van der Waals surface area contributed by atoms with Crippen LogP contribution in [0.4, 0.5) is 4.79 Å². The van der Waals surface area contributed by atoms with E-state index in [0.29, 0.717) is 32.4 Å². The highest BCUT2D eigenvalue weighted by molar-refractivity contribution is 6.01. The van der Waals surface area contributed by atoms with E-state index >= 15 is 0 Å². The molecule has 0 bridgehead atoms. The molecule has 2 unspecified atom stereocenters. The Morgan fingerprint density at radius 1 is 1.20 bits per heavy atom. The molecule has 5 rings (SSSR count). The molecule has 3 fully saturated rings. The molecule has 1 aliphatic carbocycles. The molecule has 8 nitrogen and oxygen atoms in total. The highest BCUT2D eigenvalue weighted by Crippen LogP contribution is 2.58. The Balaban J connectivity index is 1.44. The number of carbonyl (C=O) groups is 3. The maximum Gasteiger partial charge on any atom is 0.410 e. The number of hydrogen-bond donors (Lipinski definition) is 2. The Bertz CT molecular complexity index is 1200. The van der Waals surface area contributed by atoms with Crippen LogP contribution in [0.25, 0.3) is 10.9 Å². The van der Waals surface area contributed by atoms with E-state index in [0.717, 1.165) is 41.3 Å². The van der Waals surface area contributed by atoms with E-state index in [4.69, 9.17) is 4.74 Å². The maximum absolute atomic E-state index is 12.8. The minimum Gasteiger partial charge on any atom is -0.444 e. The van der Waals surface area contributed by atoms with Gasteiger partial charge in [-0.05, 0) is 75.8 Å². The molecule has 8 heteroatoms. The van der Waals surface area contributed by atoms with Crippen molar-refractivity contribution in [3.05, 3.63) is 41.6 Å². The third-order valence-corrected chi connectivity index (χ3v) is 7.90. The Labute approximate surface area is 205 Å². The number of nitrogens with zero attached hydrogens (tertiary/aromatic N) is 2. The number of piperidine rings is 2. The largest absolute Gasteiger partial charge is 0.444 e. The summed E-state index contributed by atoms with van der Waals surface area (Å²) in [5.41, 5.74) is 0.318. The highest BCUT2D eigenvalue weighted by Gasteiger charge is 2.58. The summed E-state index contributed by atoms with van der Waals surface area (Å²) in [7, 11) is 0. The molecule has 2 saturated heterocycles. The second kappa shape index (κ2) is 8.29. The number of imide groups is 1. The van der Waals surface area contributed by atoms with E-state index in [9.17, 15) is 19.5 Å². The van der Waals surface area contributed by atoms with Crippen molar-refractivity contribution >= 4 is 28.8 Å². The fourth-order valence-electron chi connectivity index (χ4n) is 5.85. The number of fused-ring (bicyclic) bond motifs is 1. The lowest BCUT2D eigenvalue weighted by atomic mass is 9.54. The molecule has 3 heterocycles. The van der Waals surface area contributed by atoms with Gasteiger partial charge in [0.2, 0.25) is 11.8 Å². The first-order chi connectivity index (χ1) is 16.5. The van der Waals surface area contributed by atoms with Gasteiger partial charge in [0.1, 0.15) is 5.60 Å². The average molecular weight is 480 g/mol. The predicted molar refractivity (Wildman–Crippen MR) is 129 cm³/mol. The van der Waals surface area contributed by atoms with Crippen molar-refractivity contribution < 1.29 is 24.2 Å². The van der Waals surface area contributed by atoms with Crippen molar-refractivity contribution in [2.75, 3.05) is 13.1 Å². The van der Waals surface area contributed by atoms with Crippen LogP contribution in [-0.4, -0.2) is 51.6 Å². The summed E-state index contributed by atoms with van der Waals surface area (Å²) < 4.78 is 5.60. The number of rotatable bonds is 2. The zero-order valence-electron chi connectivity index (χ0n) is 20.6. The normalized spacial score (nSPS) is 26.4. The fourth-order valence-corrected chi connectivity index (χ4v) is 5.85. The number of likely N-dealkylation sites (tertiary alicyclic amines) is 1. The van der Waals surface area contributed by atoms with Crippen molar-refractivity contribution in [1.82, 2.24) is 15.2 Å². The van der Waals surface area contributed by atoms with Crippen molar-refractivity contribution in [3.63, 3.8) is 0 Å². The molecular weight excluding hydrogens is 446 g/mol. The number of pyridine rings is 1. The monoisotopic (exact) mass is 479 g/mol. The second-order valence-electron chi connectivity index (χ2n) is 11.3. The van der Waals surface area contributed by atoms with Crippen molar-refractivity contribution in [2.24, 2.45) is 5.41 Å². The number of benzene rings is 1. The van der Waals surface area contributed by atoms with Gasteiger partial charge in [-0.3, -0.25) is 19.9 Å². The maximum atomic E-state index is 12.8. The van der Waals surface area contributed by atoms with Crippen LogP contribution in [0, 0.1) is 5.41 Å². The fraction of sp³-hybridized carbons (Fsp3) is 0.556. The van der Waals surface area contributed by atoms with E-state index in [-0.39, 0.29) is 17.9 Å². The highest BCUT2D eigenvalue weighted by atomic mass is 16.6. The molecular formula is C27H33N3O5. The SMILES string of the molecule is CC(C)(C)OC(=O)N1CCC(O)(c2ccc3ncc(C4CCC(=O)NC4=O)cc3c2)C2(CCC2)C1. The summed E-state index contributed by atoms with van der Waals surface area (Å²) in [4.78, 5) is 42.9. The van der Waals surface area contributed by atoms with Gasteiger partial charge >= 0.3 is 6.09 Å². The molecule has 0 radical (unpaired) electrons. The Morgan fingerprint density at radius 3 is 2.63 bits per heavy atom. The summed E-state index contributed by atoms with van der Waals surface area (Å²) in [5, 5.41) is 15.4. The van der Waals surface area contributed by atoms with E-state index in [1.807, 2.05) is 45.0 Å². The number of ether oxygens (including phenoxy) is 1. The van der Waals surface area contributed by atoms with Gasteiger partial charge in [0, 0.05) is 36.5 Å². The summed E-state index contributed by atoms with van der Waals surface area (Å²) in [6, 6.07) is 7.76. The van der Waals surface area contributed by atoms with Crippen LogP contribution in [0.3, 0.4) is 0 Å². The van der Waals surface area contributed by atoms with E-state index in [1.54, 1.807) is 11.1 Å². The van der Waals surface area contributed by atoms with Crippen LogP contribution in [-0.2, 0) is 19.9 Å². The minimum absolute atomic E-state index is 0.243. The Morgan fingerprint density at radius 2 is 1.97 bits per heavy atom. The molecule has 1 aromatic carbocycles. The van der Waals surface area contributed by atoms with Gasteiger partial charge in [-0.15, -0.1) is 0 Å². The van der Waals surface area contributed by atoms with Crippen LogP contribution in [0.2, 0.25) is 0 Å². The molecule has 35 heavy (non-hydrogen) atoms. The molecule has 2 N–H and O–H groups in total. The second-order valence-corrected chi connectivity index (χ2v) is 11.3. The molecule has 2 atom stereocenters.